The molecule has 0 aromatic heterocycles. The van der Waals surface area contributed by atoms with Gasteiger partial charge < -0.3 is 5.32 Å². The minimum atomic E-state index is -3.11. The van der Waals surface area contributed by atoms with Gasteiger partial charge in [-0.2, -0.15) is 0 Å². The third kappa shape index (κ3) is 3.99. The molecule has 0 aromatic rings. The Bertz CT molecular complexity index is 384. The molecule has 1 aliphatic rings. The van der Waals surface area contributed by atoms with Crippen molar-refractivity contribution in [1.82, 2.24) is 9.62 Å². The summed E-state index contributed by atoms with van der Waals surface area (Å²) >= 11 is 0. The van der Waals surface area contributed by atoms with Crippen LogP contribution >= 0.6 is 0 Å². The lowest BCUT2D eigenvalue weighted by Crippen LogP contribution is -2.54. The van der Waals surface area contributed by atoms with E-state index < -0.39 is 10.0 Å². The van der Waals surface area contributed by atoms with Crippen molar-refractivity contribution in [3.63, 3.8) is 0 Å². The second kappa shape index (κ2) is 6.06. The monoisotopic (exact) mass is 274 g/mol. The summed E-state index contributed by atoms with van der Waals surface area (Å²) in [6.45, 7) is 8.06. The number of nitrogens with zero attached hydrogens (tertiary/aromatic N) is 1. The molecule has 0 amide bonds. The van der Waals surface area contributed by atoms with Gasteiger partial charge in [-0.25, -0.2) is 12.7 Å². The van der Waals surface area contributed by atoms with E-state index in [9.17, 15) is 8.42 Å². The van der Waals surface area contributed by atoms with Gasteiger partial charge in [-0.3, -0.25) is 0 Å². The lowest BCUT2D eigenvalue weighted by Gasteiger charge is -2.41. The Labute approximate surface area is 111 Å². The van der Waals surface area contributed by atoms with E-state index in [0.29, 0.717) is 6.54 Å². The van der Waals surface area contributed by atoms with Crippen LogP contribution in [0.4, 0.5) is 0 Å². The average molecular weight is 274 g/mol. The van der Waals surface area contributed by atoms with Crippen LogP contribution in [0, 0.1) is 0 Å². The molecule has 0 heterocycles. The summed E-state index contributed by atoms with van der Waals surface area (Å²) in [6.07, 6.45) is 5.58. The fourth-order valence-corrected chi connectivity index (χ4v) is 3.63. The zero-order chi connectivity index (χ0) is 13.8. The number of nitrogens with one attached hydrogen (secondary N) is 1. The number of likely N-dealkylation sites (N-methyl/N-ethyl adjacent to an activating group) is 1. The van der Waals surface area contributed by atoms with Crippen molar-refractivity contribution in [3.05, 3.63) is 12.3 Å². The fourth-order valence-electron chi connectivity index (χ4n) is 2.75. The predicted molar refractivity (Wildman–Crippen MR) is 75.9 cm³/mol. The summed E-state index contributed by atoms with van der Waals surface area (Å²) in [7, 11) is -1.43. The highest BCUT2D eigenvalue weighted by Crippen LogP contribution is 2.30. The van der Waals surface area contributed by atoms with Gasteiger partial charge in [0.2, 0.25) is 10.0 Å². The van der Waals surface area contributed by atoms with Crippen molar-refractivity contribution in [3.8, 4) is 0 Å². The van der Waals surface area contributed by atoms with Gasteiger partial charge >= 0.3 is 0 Å². The quantitative estimate of drug-likeness (QED) is 0.807. The Hall–Kier alpha value is -0.550. The van der Waals surface area contributed by atoms with E-state index in [1.54, 1.807) is 14.0 Å². The van der Waals surface area contributed by atoms with Gasteiger partial charge in [-0.1, -0.05) is 25.8 Å². The van der Waals surface area contributed by atoms with Crippen LogP contribution in [0.25, 0.3) is 0 Å². The van der Waals surface area contributed by atoms with Gasteiger partial charge in [0.1, 0.15) is 0 Å². The van der Waals surface area contributed by atoms with E-state index in [1.807, 2.05) is 6.92 Å². The molecule has 1 rings (SSSR count). The second-order valence-corrected chi connectivity index (χ2v) is 7.77. The lowest BCUT2D eigenvalue weighted by atomic mass is 9.81. The fraction of sp³-hybridized carbons (Fsp3) is 0.846. The molecular formula is C13H26N2O2S. The van der Waals surface area contributed by atoms with E-state index in [1.165, 1.54) is 10.7 Å². The first-order valence-electron chi connectivity index (χ1n) is 6.69. The maximum absolute atomic E-state index is 11.9. The summed E-state index contributed by atoms with van der Waals surface area (Å²) in [5, 5.41) is 3.42. The van der Waals surface area contributed by atoms with Crippen LogP contribution in [0.5, 0.6) is 0 Å². The Morgan fingerprint density at radius 1 is 1.33 bits per heavy atom. The van der Waals surface area contributed by atoms with Crippen LogP contribution < -0.4 is 5.32 Å². The molecule has 0 bridgehead atoms. The van der Waals surface area contributed by atoms with E-state index in [2.05, 4.69) is 11.9 Å². The van der Waals surface area contributed by atoms with Gasteiger partial charge in [0.15, 0.2) is 0 Å². The molecule has 1 fully saturated rings. The van der Waals surface area contributed by atoms with Gasteiger partial charge in [0, 0.05) is 19.3 Å². The van der Waals surface area contributed by atoms with Crippen LogP contribution in [0.3, 0.4) is 0 Å². The highest BCUT2D eigenvalue weighted by molar-refractivity contribution is 7.89. The summed E-state index contributed by atoms with van der Waals surface area (Å²) < 4.78 is 25.2. The van der Waals surface area contributed by atoms with Gasteiger partial charge in [0.05, 0.1) is 11.3 Å². The summed E-state index contributed by atoms with van der Waals surface area (Å²) in [6, 6.07) is 0. The normalized spacial score (nSPS) is 19.8. The molecule has 0 aliphatic heterocycles. The Kier molecular flexibility index (Phi) is 5.22. The van der Waals surface area contributed by atoms with Crippen molar-refractivity contribution in [2.75, 3.05) is 19.3 Å². The predicted octanol–water partition coefficient (Wildman–Crippen LogP) is 2.09. The smallest absolute Gasteiger partial charge is 0.213 e. The van der Waals surface area contributed by atoms with Crippen LogP contribution in [0.15, 0.2) is 12.3 Å². The highest BCUT2D eigenvalue weighted by atomic mass is 32.2. The first kappa shape index (κ1) is 15.5. The maximum atomic E-state index is 11.9. The maximum Gasteiger partial charge on any atom is 0.213 e. The van der Waals surface area contributed by atoms with Crippen molar-refractivity contribution < 1.29 is 8.42 Å². The Morgan fingerprint density at radius 2 is 1.89 bits per heavy atom. The first-order chi connectivity index (χ1) is 8.31. The van der Waals surface area contributed by atoms with E-state index in [4.69, 9.17) is 0 Å². The third-order valence-corrected chi connectivity index (χ3v) is 5.46. The molecule has 4 nitrogen and oxygen atoms in total. The van der Waals surface area contributed by atoms with Crippen molar-refractivity contribution in [2.45, 2.75) is 51.5 Å². The van der Waals surface area contributed by atoms with Crippen LogP contribution in [-0.2, 0) is 10.0 Å². The molecule has 5 heteroatoms. The molecule has 0 unspecified atom stereocenters. The lowest BCUT2D eigenvalue weighted by molar-refractivity contribution is 0.211. The van der Waals surface area contributed by atoms with Crippen molar-refractivity contribution in [2.24, 2.45) is 0 Å². The van der Waals surface area contributed by atoms with Crippen LogP contribution in [0.1, 0.15) is 46.0 Å². The zero-order valence-corrected chi connectivity index (χ0v) is 12.6. The molecule has 0 atom stereocenters. The standard InChI is InChI=1S/C13H26N2O2S/c1-5-18(16,17)15(4)11-13(14-12(2)3)9-7-6-8-10-13/h14H,2,5-11H2,1,3-4H3. The topological polar surface area (TPSA) is 49.4 Å². The minimum absolute atomic E-state index is 0.124. The third-order valence-electron chi connectivity index (χ3n) is 3.65. The molecule has 0 aromatic carbocycles. The second-order valence-electron chi connectivity index (χ2n) is 5.40. The van der Waals surface area contributed by atoms with Crippen molar-refractivity contribution in [1.29, 1.82) is 0 Å². The summed E-state index contributed by atoms with van der Waals surface area (Å²) in [5.74, 6) is 0.159. The van der Waals surface area contributed by atoms with E-state index >= 15 is 0 Å². The van der Waals surface area contributed by atoms with Crippen LogP contribution in [0.2, 0.25) is 0 Å². The number of rotatable bonds is 6. The minimum Gasteiger partial charge on any atom is -0.382 e. The van der Waals surface area contributed by atoms with Crippen LogP contribution in [-0.4, -0.2) is 37.6 Å². The molecule has 1 saturated carbocycles. The molecule has 0 spiro atoms. The number of hydrogen-bond donors (Lipinski definition) is 1. The Balaban J connectivity index is 2.81. The van der Waals surface area contributed by atoms with Gasteiger partial charge in [-0.15, -0.1) is 0 Å². The molecule has 1 N–H and O–H groups in total. The van der Waals surface area contributed by atoms with Gasteiger partial charge in [-0.05, 0) is 26.7 Å². The molecular weight excluding hydrogens is 248 g/mol. The molecule has 0 saturated heterocycles. The SMILES string of the molecule is C=C(C)NC1(CN(C)S(=O)(=O)CC)CCCCC1. The summed E-state index contributed by atoms with van der Waals surface area (Å²) in [4.78, 5) is 0. The first-order valence-corrected chi connectivity index (χ1v) is 8.30. The molecule has 18 heavy (non-hydrogen) atoms. The summed E-state index contributed by atoms with van der Waals surface area (Å²) in [5.41, 5.74) is 0.792. The molecule has 106 valence electrons. The van der Waals surface area contributed by atoms with E-state index in [-0.39, 0.29) is 11.3 Å². The van der Waals surface area contributed by atoms with E-state index in [0.717, 1.165) is 31.4 Å². The zero-order valence-electron chi connectivity index (χ0n) is 11.8. The van der Waals surface area contributed by atoms with Crippen molar-refractivity contribution >= 4 is 10.0 Å². The number of sulfonamides is 1. The van der Waals surface area contributed by atoms with Gasteiger partial charge in [0.25, 0.3) is 0 Å². The Morgan fingerprint density at radius 3 is 2.33 bits per heavy atom. The highest BCUT2D eigenvalue weighted by Gasteiger charge is 2.35. The average Bonchev–Trinajstić information content (AvgIpc) is 2.28. The number of allylic oxidation sites excluding steroid dienone is 1. The largest absolute Gasteiger partial charge is 0.382 e. The molecule has 1 aliphatic carbocycles. The molecule has 0 radical (unpaired) electrons. The number of hydrogen-bond acceptors (Lipinski definition) is 3.